The van der Waals surface area contributed by atoms with Crippen molar-refractivity contribution in [1.29, 1.82) is 0 Å². The SMILES string of the molecule is C=C1C(=O)OC2C=C(C)CCC=C(C(=O)O)CC(OC(=O)C(C)=CCO)C12. The summed E-state index contributed by atoms with van der Waals surface area (Å²) in [6.45, 7) is 6.80. The largest absolute Gasteiger partial charge is 0.478 e. The van der Waals surface area contributed by atoms with E-state index in [0.717, 1.165) is 5.57 Å². The first-order valence-corrected chi connectivity index (χ1v) is 8.72. The lowest BCUT2D eigenvalue weighted by molar-refractivity contribution is -0.148. The smallest absolute Gasteiger partial charge is 0.334 e. The highest BCUT2D eigenvalue weighted by Crippen LogP contribution is 2.36. The highest BCUT2D eigenvalue weighted by molar-refractivity contribution is 5.92. The fourth-order valence-electron chi connectivity index (χ4n) is 3.19. The fourth-order valence-corrected chi connectivity index (χ4v) is 3.19. The van der Waals surface area contributed by atoms with E-state index in [1.165, 1.54) is 13.0 Å². The average molecular weight is 376 g/mol. The van der Waals surface area contributed by atoms with E-state index in [0.29, 0.717) is 12.8 Å². The number of aliphatic hydroxyl groups excluding tert-OH is 1. The van der Waals surface area contributed by atoms with Gasteiger partial charge >= 0.3 is 17.9 Å². The molecule has 7 heteroatoms. The molecule has 3 atom stereocenters. The molecular formula is C20H24O7. The summed E-state index contributed by atoms with van der Waals surface area (Å²) < 4.78 is 10.9. The van der Waals surface area contributed by atoms with Gasteiger partial charge in [-0.25, -0.2) is 14.4 Å². The first kappa shape index (κ1) is 20.6. The van der Waals surface area contributed by atoms with Gasteiger partial charge in [0.1, 0.15) is 12.2 Å². The molecule has 0 radical (unpaired) electrons. The number of carboxylic acids is 1. The Hall–Kier alpha value is -2.67. The number of carbonyl (C=O) groups is 3. The quantitative estimate of drug-likeness (QED) is 0.439. The third-order valence-electron chi connectivity index (χ3n) is 4.71. The number of ether oxygens (including phenoxy) is 2. The molecule has 7 nitrogen and oxygen atoms in total. The minimum Gasteiger partial charge on any atom is -0.478 e. The number of rotatable bonds is 4. The van der Waals surface area contributed by atoms with Crippen LogP contribution >= 0.6 is 0 Å². The van der Waals surface area contributed by atoms with E-state index in [-0.39, 0.29) is 29.7 Å². The highest BCUT2D eigenvalue weighted by atomic mass is 16.6. The number of esters is 2. The maximum atomic E-state index is 12.3. The van der Waals surface area contributed by atoms with Crippen LogP contribution in [0.3, 0.4) is 0 Å². The zero-order chi connectivity index (χ0) is 20.1. The summed E-state index contributed by atoms with van der Waals surface area (Å²) >= 11 is 0. The lowest BCUT2D eigenvalue weighted by Crippen LogP contribution is -2.34. The van der Waals surface area contributed by atoms with Crippen LogP contribution in [-0.4, -0.2) is 46.9 Å². The molecule has 27 heavy (non-hydrogen) atoms. The minimum atomic E-state index is -1.10. The van der Waals surface area contributed by atoms with E-state index in [1.54, 1.807) is 12.2 Å². The van der Waals surface area contributed by atoms with Gasteiger partial charge in [0.15, 0.2) is 0 Å². The molecular weight excluding hydrogens is 352 g/mol. The monoisotopic (exact) mass is 376 g/mol. The predicted molar refractivity (Wildman–Crippen MR) is 96.6 cm³/mol. The lowest BCUT2D eigenvalue weighted by atomic mass is 9.85. The Balaban J connectivity index is 2.44. The van der Waals surface area contributed by atoms with Crippen molar-refractivity contribution in [2.24, 2.45) is 5.92 Å². The number of carboxylic acid groups (broad SMARTS) is 1. The van der Waals surface area contributed by atoms with Crippen molar-refractivity contribution in [1.82, 2.24) is 0 Å². The first-order valence-electron chi connectivity index (χ1n) is 8.72. The Labute approximate surface area is 157 Å². The number of allylic oxidation sites excluding steroid dienone is 2. The predicted octanol–water partition coefficient (Wildman–Crippen LogP) is 2.08. The topological polar surface area (TPSA) is 110 Å². The van der Waals surface area contributed by atoms with Crippen LogP contribution in [0.1, 0.15) is 33.1 Å². The second kappa shape index (κ2) is 8.81. The van der Waals surface area contributed by atoms with Gasteiger partial charge in [0.25, 0.3) is 0 Å². The molecule has 0 aromatic rings. The molecule has 2 N–H and O–H groups in total. The van der Waals surface area contributed by atoms with Crippen LogP contribution in [0.15, 0.2) is 47.1 Å². The van der Waals surface area contributed by atoms with Crippen molar-refractivity contribution >= 4 is 17.9 Å². The van der Waals surface area contributed by atoms with Gasteiger partial charge in [-0.15, -0.1) is 0 Å². The number of hydrogen-bond donors (Lipinski definition) is 2. The molecule has 146 valence electrons. The number of aliphatic hydroxyl groups is 1. The van der Waals surface area contributed by atoms with E-state index in [9.17, 15) is 19.5 Å². The molecule has 0 amide bonds. The van der Waals surface area contributed by atoms with Crippen LogP contribution in [0.25, 0.3) is 0 Å². The first-order chi connectivity index (χ1) is 12.7. The molecule has 0 bridgehead atoms. The zero-order valence-electron chi connectivity index (χ0n) is 15.4. The van der Waals surface area contributed by atoms with E-state index in [2.05, 4.69) is 6.58 Å². The molecule has 0 spiro atoms. The van der Waals surface area contributed by atoms with Crippen LogP contribution in [0, 0.1) is 5.92 Å². The number of carbonyl (C=O) groups excluding carboxylic acids is 2. The maximum Gasteiger partial charge on any atom is 0.334 e. The standard InChI is InChI=1S/C20H24O7/c1-11-5-4-6-14(18(22)23)10-16(26-19(24)12(2)7-8-21)17-13(3)20(25)27-15(17)9-11/h6-7,9,15-17,21H,3-5,8,10H2,1-2H3,(H,22,23). The van der Waals surface area contributed by atoms with Crippen molar-refractivity contribution in [2.75, 3.05) is 6.61 Å². The molecule has 3 unspecified atom stereocenters. The van der Waals surface area contributed by atoms with E-state index in [4.69, 9.17) is 14.6 Å². The maximum absolute atomic E-state index is 12.3. The van der Waals surface area contributed by atoms with Crippen molar-refractivity contribution in [3.05, 3.63) is 47.1 Å². The second-order valence-corrected chi connectivity index (χ2v) is 6.72. The molecule has 1 aliphatic carbocycles. The molecule has 1 fully saturated rings. The molecule has 1 heterocycles. The molecule has 1 saturated heterocycles. The van der Waals surface area contributed by atoms with Gasteiger partial charge in [-0.1, -0.05) is 18.2 Å². The van der Waals surface area contributed by atoms with Crippen molar-refractivity contribution in [3.63, 3.8) is 0 Å². The van der Waals surface area contributed by atoms with Gasteiger partial charge in [-0.05, 0) is 38.8 Å². The number of aliphatic carboxylic acids is 1. The summed E-state index contributed by atoms with van der Waals surface area (Å²) in [6, 6.07) is 0. The van der Waals surface area contributed by atoms with Gasteiger partial charge in [0, 0.05) is 23.1 Å². The molecule has 1 aliphatic heterocycles. The van der Waals surface area contributed by atoms with Crippen LogP contribution < -0.4 is 0 Å². The second-order valence-electron chi connectivity index (χ2n) is 6.72. The van der Waals surface area contributed by atoms with Gasteiger partial charge in [-0.2, -0.15) is 0 Å². The molecule has 2 aliphatic rings. The zero-order valence-corrected chi connectivity index (χ0v) is 15.4. The Morgan fingerprint density at radius 3 is 2.78 bits per heavy atom. The Bertz CT molecular complexity index is 741. The minimum absolute atomic E-state index is 0.0722. The lowest BCUT2D eigenvalue weighted by Gasteiger charge is -2.27. The van der Waals surface area contributed by atoms with Crippen molar-refractivity contribution < 1.29 is 34.1 Å². The summed E-state index contributed by atoms with van der Waals surface area (Å²) in [6.07, 6.45) is 4.18. The van der Waals surface area contributed by atoms with E-state index < -0.39 is 36.0 Å². The normalized spacial score (nSPS) is 26.5. The van der Waals surface area contributed by atoms with Gasteiger partial charge < -0.3 is 19.7 Å². The Morgan fingerprint density at radius 1 is 1.44 bits per heavy atom. The van der Waals surface area contributed by atoms with Crippen LogP contribution in [-0.2, 0) is 23.9 Å². The third-order valence-corrected chi connectivity index (χ3v) is 4.71. The van der Waals surface area contributed by atoms with Crippen molar-refractivity contribution in [3.8, 4) is 0 Å². The summed E-state index contributed by atoms with van der Waals surface area (Å²) in [4.78, 5) is 36.0. The van der Waals surface area contributed by atoms with Gasteiger partial charge in [-0.3, -0.25) is 0 Å². The Kier molecular flexibility index (Phi) is 6.74. The Morgan fingerprint density at radius 2 is 2.15 bits per heavy atom. The highest BCUT2D eigenvalue weighted by Gasteiger charge is 2.45. The third kappa shape index (κ3) is 4.95. The average Bonchev–Trinajstić information content (AvgIpc) is 2.86. The molecule has 0 aromatic heterocycles. The van der Waals surface area contributed by atoms with Gasteiger partial charge in [0.05, 0.1) is 12.5 Å². The van der Waals surface area contributed by atoms with Crippen LogP contribution in [0.5, 0.6) is 0 Å². The summed E-state index contributed by atoms with van der Waals surface area (Å²) in [5.41, 5.74) is 1.39. The molecule has 2 rings (SSSR count). The van der Waals surface area contributed by atoms with E-state index >= 15 is 0 Å². The summed E-state index contributed by atoms with van der Waals surface area (Å²) in [5.74, 6) is -3.06. The number of hydrogen-bond acceptors (Lipinski definition) is 6. The summed E-state index contributed by atoms with van der Waals surface area (Å²) in [5, 5.41) is 18.5. The van der Waals surface area contributed by atoms with Crippen molar-refractivity contribution in [2.45, 2.75) is 45.3 Å². The summed E-state index contributed by atoms with van der Waals surface area (Å²) in [7, 11) is 0. The molecule has 0 saturated carbocycles. The molecule has 0 aromatic carbocycles. The number of fused-ring (bicyclic) bond motifs is 1. The fraction of sp³-hybridized carbons (Fsp3) is 0.450. The van der Waals surface area contributed by atoms with Crippen LogP contribution in [0.4, 0.5) is 0 Å². The van der Waals surface area contributed by atoms with E-state index in [1.807, 2.05) is 6.92 Å². The van der Waals surface area contributed by atoms with Gasteiger partial charge in [0.2, 0.25) is 0 Å². The van der Waals surface area contributed by atoms with Crippen LogP contribution in [0.2, 0.25) is 0 Å².